The molecule has 0 radical (unpaired) electrons. The summed E-state index contributed by atoms with van der Waals surface area (Å²) >= 11 is 0. The summed E-state index contributed by atoms with van der Waals surface area (Å²) in [5.41, 5.74) is 5.09. The summed E-state index contributed by atoms with van der Waals surface area (Å²) in [6.45, 7) is 2.76. The van der Waals surface area contributed by atoms with Crippen LogP contribution in [-0.4, -0.2) is 31.8 Å². The van der Waals surface area contributed by atoms with Gasteiger partial charge in [0, 0.05) is 20.1 Å². The third-order valence-electron chi connectivity index (χ3n) is 2.59. The third-order valence-corrected chi connectivity index (χ3v) is 2.59. The minimum absolute atomic E-state index is 0.281. The molecule has 1 aliphatic rings. The summed E-state index contributed by atoms with van der Waals surface area (Å²) in [6, 6.07) is 0. The minimum Gasteiger partial charge on any atom is -0.464 e. The Morgan fingerprint density at radius 1 is 1.50 bits per heavy atom. The number of carbonyl (C=O) groups excluding carboxylic acids is 1. The van der Waals surface area contributed by atoms with E-state index in [1.165, 1.54) is 0 Å². The molecule has 0 saturated heterocycles. The number of esters is 1. The second-order valence-electron chi connectivity index (χ2n) is 4.04. The minimum atomic E-state index is -0.785. The van der Waals surface area contributed by atoms with Crippen LogP contribution in [0.15, 0.2) is 0 Å². The summed E-state index contributed by atoms with van der Waals surface area (Å²) in [4.78, 5) is 11.5. The highest BCUT2D eigenvalue weighted by Gasteiger charge is 2.45. The van der Waals surface area contributed by atoms with Crippen molar-refractivity contribution < 1.29 is 14.3 Å². The van der Waals surface area contributed by atoms with Crippen LogP contribution in [0, 0.1) is 5.92 Å². The van der Waals surface area contributed by atoms with Crippen molar-refractivity contribution in [2.24, 2.45) is 11.7 Å². The monoisotopic (exact) mass is 201 g/mol. The SMILES string of the molecule is COCCCOC(=O)C(C)(N)C1CC1. The zero-order valence-corrected chi connectivity index (χ0v) is 8.91. The van der Waals surface area contributed by atoms with Crippen molar-refractivity contribution in [3.63, 3.8) is 0 Å². The van der Waals surface area contributed by atoms with Crippen molar-refractivity contribution in [3.8, 4) is 0 Å². The van der Waals surface area contributed by atoms with E-state index in [-0.39, 0.29) is 5.97 Å². The topological polar surface area (TPSA) is 61.5 Å². The highest BCUT2D eigenvalue weighted by atomic mass is 16.5. The Balaban J connectivity index is 2.20. The first-order valence-electron chi connectivity index (χ1n) is 5.04. The highest BCUT2D eigenvalue weighted by Crippen LogP contribution is 2.38. The standard InChI is InChI=1S/C10H19NO3/c1-10(11,8-4-5-8)9(12)14-7-3-6-13-2/h8H,3-7,11H2,1-2H3. The highest BCUT2D eigenvalue weighted by molar-refractivity contribution is 5.80. The van der Waals surface area contributed by atoms with E-state index in [9.17, 15) is 4.79 Å². The fourth-order valence-corrected chi connectivity index (χ4v) is 1.37. The van der Waals surface area contributed by atoms with E-state index < -0.39 is 5.54 Å². The molecule has 1 aliphatic carbocycles. The van der Waals surface area contributed by atoms with Gasteiger partial charge < -0.3 is 15.2 Å². The number of nitrogens with two attached hydrogens (primary N) is 1. The maximum Gasteiger partial charge on any atom is 0.326 e. The van der Waals surface area contributed by atoms with Crippen LogP contribution in [0.1, 0.15) is 26.2 Å². The first kappa shape index (κ1) is 11.5. The second-order valence-corrected chi connectivity index (χ2v) is 4.04. The predicted molar refractivity (Wildman–Crippen MR) is 52.8 cm³/mol. The van der Waals surface area contributed by atoms with Crippen LogP contribution >= 0.6 is 0 Å². The van der Waals surface area contributed by atoms with Crippen LogP contribution in [0.2, 0.25) is 0 Å². The molecule has 1 saturated carbocycles. The summed E-state index contributed by atoms with van der Waals surface area (Å²) in [5, 5.41) is 0. The Kier molecular flexibility index (Phi) is 3.89. The first-order chi connectivity index (χ1) is 6.59. The maximum absolute atomic E-state index is 11.5. The van der Waals surface area contributed by atoms with Crippen molar-refractivity contribution in [2.75, 3.05) is 20.3 Å². The molecule has 14 heavy (non-hydrogen) atoms. The van der Waals surface area contributed by atoms with E-state index in [0.717, 1.165) is 19.3 Å². The van der Waals surface area contributed by atoms with Gasteiger partial charge in [-0.3, -0.25) is 4.79 Å². The molecule has 1 atom stereocenters. The van der Waals surface area contributed by atoms with Gasteiger partial charge in [-0.15, -0.1) is 0 Å². The summed E-state index contributed by atoms with van der Waals surface area (Å²) in [6.07, 6.45) is 2.81. The van der Waals surface area contributed by atoms with Gasteiger partial charge in [0.05, 0.1) is 6.61 Å². The van der Waals surface area contributed by atoms with Crippen molar-refractivity contribution in [1.29, 1.82) is 0 Å². The average molecular weight is 201 g/mol. The van der Waals surface area contributed by atoms with Gasteiger partial charge in [-0.2, -0.15) is 0 Å². The number of hydrogen-bond acceptors (Lipinski definition) is 4. The largest absolute Gasteiger partial charge is 0.464 e. The lowest BCUT2D eigenvalue weighted by Gasteiger charge is -2.21. The van der Waals surface area contributed by atoms with Gasteiger partial charge in [-0.05, 0) is 25.7 Å². The lowest BCUT2D eigenvalue weighted by molar-refractivity contribution is -0.150. The summed E-state index contributed by atoms with van der Waals surface area (Å²) in [5.74, 6) is 0.0357. The molecule has 2 N–H and O–H groups in total. The van der Waals surface area contributed by atoms with Crippen molar-refractivity contribution >= 4 is 5.97 Å². The van der Waals surface area contributed by atoms with E-state index in [2.05, 4.69) is 0 Å². The van der Waals surface area contributed by atoms with E-state index in [1.54, 1.807) is 14.0 Å². The predicted octanol–water partition coefficient (Wildman–Crippen LogP) is 0.694. The number of methoxy groups -OCH3 is 1. The molecule has 0 heterocycles. The molecular formula is C10H19NO3. The van der Waals surface area contributed by atoms with Crippen LogP contribution in [0.25, 0.3) is 0 Å². The van der Waals surface area contributed by atoms with Gasteiger partial charge >= 0.3 is 5.97 Å². The lowest BCUT2D eigenvalue weighted by atomic mass is 9.98. The fraction of sp³-hybridized carbons (Fsp3) is 0.900. The Labute approximate surface area is 84.7 Å². The average Bonchev–Trinajstić information content (AvgIpc) is 2.94. The number of carbonyl (C=O) groups is 1. The van der Waals surface area contributed by atoms with E-state index >= 15 is 0 Å². The Hall–Kier alpha value is -0.610. The Bertz CT molecular complexity index is 200. The zero-order chi connectivity index (χ0) is 10.6. The molecule has 0 aromatic rings. The second kappa shape index (κ2) is 4.75. The smallest absolute Gasteiger partial charge is 0.326 e. The number of hydrogen-bond donors (Lipinski definition) is 1. The Morgan fingerprint density at radius 3 is 2.64 bits per heavy atom. The van der Waals surface area contributed by atoms with Crippen LogP contribution in [0.5, 0.6) is 0 Å². The maximum atomic E-state index is 11.5. The van der Waals surface area contributed by atoms with Crippen LogP contribution in [0.4, 0.5) is 0 Å². The molecule has 0 spiro atoms. The molecule has 1 fully saturated rings. The van der Waals surface area contributed by atoms with Gasteiger partial charge in [0.1, 0.15) is 5.54 Å². The van der Waals surface area contributed by atoms with Gasteiger partial charge in [-0.1, -0.05) is 0 Å². The van der Waals surface area contributed by atoms with Crippen LogP contribution in [-0.2, 0) is 14.3 Å². The molecule has 1 rings (SSSR count). The van der Waals surface area contributed by atoms with Crippen LogP contribution < -0.4 is 5.73 Å². The molecule has 0 amide bonds. The summed E-state index contributed by atoms with van der Waals surface area (Å²) < 4.78 is 9.91. The van der Waals surface area contributed by atoms with Gasteiger partial charge in [0.2, 0.25) is 0 Å². The van der Waals surface area contributed by atoms with Crippen molar-refractivity contribution in [1.82, 2.24) is 0 Å². The van der Waals surface area contributed by atoms with Crippen molar-refractivity contribution in [3.05, 3.63) is 0 Å². The lowest BCUT2D eigenvalue weighted by Crippen LogP contribution is -2.48. The fourth-order valence-electron chi connectivity index (χ4n) is 1.37. The van der Waals surface area contributed by atoms with E-state index in [4.69, 9.17) is 15.2 Å². The quantitative estimate of drug-likeness (QED) is 0.507. The molecule has 0 bridgehead atoms. The van der Waals surface area contributed by atoms with E-state index in [1.807, 2.05) is 0 Å². The molecule has 4 heteroatoms. The normalized spacial score (nSPS) is 20.2. The molecular weight excluding hydrogens is 182 g/mol. The van der Waals surface area contributed by atoms with Crippen molar-refractivity contribution in [2.45, 2.75) is 31.7 Å². The van der Waals surface area contributed by atoms with Gasteiger partial charge in [0.25, 0.3) is 0 Å². The number of rotatable bonds is 6. The molecule has 0 aromatic carbocycles. The van der Waals surface area contributed by atoms with Gasteiger partial charge in [0.15, 0.2) is 0 Å². The molecule has 1 unspecified atom stereocenters. The molecule has 0 aromatic heterocycles. The Morgan fingerprint density at radius 2 is 2.14 bits per heavy atom. The molecule has 4 nitrogen and oxygen atoms in total. The van der Waals surface area contributed by atoms with E-state index in [0.29, 0.717) is 19.1 Å². The van der Waals surface area contributed by atoms with Gasteiger partial charge in [-0.25, -0.2) is 0 Å². The van der Waals surface area contributed by atoms with Crippen LogP contribution in [0.3, 0.4) is 0 Å². The first-order valence-corrected chi connectivity index (χ1v) is 5.04. The zero-order valence-electron chi connectivity index (χ0n) is 8.91. The third kappa shape index (κ3) is 2.96. The molecule has 0 aliphatic heterocycles. The molecule has 82 valence electrons. The summed E-state index contributed by atoms with van der Waals surface area (Å²) in [7, 11) is 1.62. The number of ether oxygens (including phenoxy) is 2.